The van der Waals surface area contributed by atoms with Crippen LogP contribution in [-0.4, -0.2) is 6.26 Å². The second-order valence-electron chi connectivity index (χ2n) is 5.42. The summed E-state index contributed by atoms with van der Waals surface area (Å²) >= 11 is 1.78. The lowest BCUT2D eigenvalue weighted by Crippen LogP contribution is -2.06. The van der Waals surface area contributed by atoms with E-state index in [4.69, 9.17) is 0 Å². The molecule has 0 amide bonds. The quantitative estimate of drug-likeness (QED) is 0.707. The summed E-state index contributed by atoms with van der Waals surface area (Å²) in [5.74, 6) is 0.563. The SMILES string of the molecule is CSc1ccc(C(C)Nc2cccc(C(C)C)c2)cc1. The van der Waals surface area contributed by atoms with Crippen LogP contribution >= 0.6 is 11.8 Å². The van der Waals surface area contributed by atoms with Crippen molar-refractivity contribution in [1.82, 2.24) is 0 Å². The first kappa shape index (κ1) is 15.0. The Hall–Kier alpha value is -1.41. The second-order valence-corrected chi connectivity index (χ2v) is 6.30. The number of thioether (sulfide) groups is 1. The van der Waals surface area contributed by atoms with Crippen LogP contribution in [0.15, 0.2) is 53.4 Å². The highest BCUT2D eigenvalue weighted by Gasteiger charge is 2.06. The van der Waals surface area contributed by atoms with Crippen molar-refractivity contribution in [2.45, 2.75) is 37.6 Å². The van der Waals surface area contributed by atoms with Crippen molar-refractivity contribution in [2.75, 3.05) is 11.6 Å². The predicted octanol–water partition coefficient (Wildman–Crippen LogP) is 5.71. The summed E-state index contributed by atoms with van der Waals surface area (Å²) in [6.07, 6.45) is 2.11. The van der Waals surface area contributed by atoms with Crippen LogP contribution in [0.5, 0.6) is 0 Å². The molecule has 2 aromatic carbocycles. The lowest BCUT2D eigenvalue weighted by atomic mass is 10.0. The minimum Gasteiger partial charge on any atom is -0.379 e. The van der Waals surface area contributed by atoms with E-state index in [9.17, 15) is 0 Å². The molecule has 0 aliphatic heterocycles. The van der Waals surface area contributed by atoms with E-state index in [1.807, 2.05) is 0 Å². The number of hydrogen-bond acceptors (Lipinski definition) is 2. The maximum atomic E-state index is 3.58. The second kappa shape index (κ2) is 6.85. The Morgan fingerprint density at radius 1 is 0.900 bits per heavy atom. The molecule has 20 heavy (non-hydrogen) atoms. The molecule has 2 aromatic rings. The third-order valence-corrected chi connectivity index (χ3v) is 4.30. The van der Waals surface area contributed by atoms with Crippen LogP contribution in [0.1, 0.15) is 43.9 Å². The van der Waals surface area contributed by atoms with Crippen LogP contribution in [0.2, 0.25) is 0 Å². The fourth-order valence-corrected chi connectivity index (χ4v) is 2.62. The molecule has 1 unspecified atom stereocenters. The molecule has 0 aromatic heterocycles. The fraction of sp³-hybridized carbons (Fsp3) is 0.333. The number of hydrogen-bond donors (Lipinski definition) is 1. The van der Waals surface area contributed by atoms with Gasteiger partial charge in [-0.25, -0.2) is 0 Å². The lowest BCUT2D eigenvalue weighted by Gasteiger charge is -2.17. The first-order valence-electron chi connectivity index (χ1n) is 7.10. The van der Waals surface area contributed by atoms with Gasteiger partial charge in [0, 0.05) is 16.6 Å². The molecule has 1 N–H and O–H groups in total. The van der Waals surface area contributed by atoms with Gasteiger partial charge in [0.05, 0.1) is 0 Å². The number of anilines is 1. The number of nitrogens with one attached hydrogen (secondary N) is 1. The van der Waals surface area contributed by atoms with Crippen molar-refractivity contribution in [1.29, 1.82) is 0 Å². The van der Waals surface area contributed by atoms with Gasteiger partial charge in [-0.15, -0.1) is 11.8 Å². The summed E-state index contributed by atoms with van der Waals surface area (Å²) in [6, 6.07) is 17.8. The van der Waals surface area contributed by atoms with Crippen LogP contribution in [0.4, 0.5) is 5.69 Å². The maximum absolute atomic E-state index is 3.58. The van der Waals surface area contributed by atoms with Crippen molar-refractivity contribution >= 4 is 17.4 Å². The molecule has 0 heterocycles. The standard InChI is InChI=1S/C18H23NS/c1-13(2)16-6-5-7-17(12-16)19-14(3)15-8-10-18(20-4)11-9-15/h5-14,19H,1-4H3. The Morgan fingerprint density at radius 3 is 2.20 bits per heavy atom. The van der Waals surface area contributed by atoms with Crippen LogP contribution in [0, 0.1) is 0 Å². The van der Waals surface area contributed by atoms with Crippen molar-refractivity contribution in [2.24, 2.45) is 0 Å². The number of benzene rings is 2. The van der Waals surface area contributed by atoms with Gasteiger partial charge in [-0.05, 0) is 54.5 Å². The molecule has 0 fully saturated rings. The molecule has 106 valence electrons. The zero-order chi connectivity index (χ0) is 14.5. The van der Waals surface area contributed by atoms with Crippen LogP contribution < -0.4 is 5.32 Å². The summed E-state index contributed by atoms with van der Waals surface area (Å²) in [5.41, 5.74) is 3.88. The van der Waals surface area contributed by atoms with E-state index in [-0.39, 0.29) is 0 Å². The van der Waals surface area contributed by atoms with Crippen molar-refractivity contribution < 1.29 is 0 Å². The zero-order valence-corrected chi connectivity index (χ0v) is 13.5. The van der Waals surface area contributed by atoms with Gasteiger partial charge in [0.2, 0.25) is 0 Å². The van der Waals surface area contributed by atoms with Gasteiger partial charge < -0.3 is 5.32 Å². The molecule has 0 bridgehead atoms. The smallest absolute Gasteiger partial charge is 0.0485 e. The molecule has 1 atom stereocenters. The normalized spacial score (nSPS) is 12.4. The van der Waals surface area contributed by atoms with E-state index in [1.165, 1.54) is 21.7 Å². The molecule has 0 radical (unpaired) electrons. The first-order chi connectivity index (χ1) is 9.60. The predicted molar refractivity (Wildman–Crippen MR) is 90.8 cm³/mol. The Labute approximate surface area is 126 Å². The molecular weight excluding hydrogens is 262 g/mol. The molecule has 2 heteroatoms. The Bertz CT molecular complexity index is 546. The molecular formula is C18H23NS. The van der Waals surface area contributed by atoms with Crippen LogP contribution in [-0.2, 0) is 0 Å². The summed E-state index contributed by atoms with van der Waals surface area (Å²) < 4.78 is 0. The largest absolute Gasteiger partial charge is 0.379 e. The molecule has 1 nitrogen and oxygen atoms in total. The van der Waals surface area contributed by atoms with Gasteiger partial charge in [0.15, 0.2) is 0 Å². The van der Waals surface area contributed by atoms with Gasteiger partial charge in [-0.3, -0.25) is 0 Å². The Morgan fingerprint density at radius 2 is 1.60 bits per heavy atom. The van der Waals surface area contributed by atoms with E-state index in [1.54, 1.807) is 11.8 Å². The minimum atomic E-state index is 0.313. The van der Waals surface area contributed by atoms with Crippen molar-refractivity contribution in [3.05, 3.63) is 59.7 Å². The van der Waals surface area contributed by atoms with Gasteiger partial charge in [0.25, 0.3) is 0 Å². The lowest BCUT2D eigenvalue weighted by molar-refractivity contribution is 0.858. The van der Waals surface area contributed by atoms with Crippen LogP contribution in [0.3, 0.4) is 0 Å². The first-order valence-corrected chi connectivity index (χ1v) is 8.33. The van der Waals surface area contributed by atoms with Gasteiger partial charge in [0.1, 0.15) is 0 Å². The maximum Gasteiger partial charge on any atom is 0.0485 e. The summed E-state index contributed by atoms with van der Waals surface area (Å²) in [5, 5.41) is 3.58. The van der Waals surface area contributed by atoms with E-state index < -0.39 is 0 Å². The molecule has 2 rings (SSSR count). The monoisotopic (exact) mass is 285 g/mol. The average molecular weight is 285 g/mol. The van der Waals surface area contributed by atoms with Crippen molar-refractivity contribution in [3.63, 3.8) is 0 Å². The molecule has 0 spiro atoms. The molecule has 0 aliphatic carbocycles. The summed E-state index contributed by atoms with van der Waals surface area (Å²) in [6.45, 7) is 6.66. The summed E-state index contributed by atoms with van der Waals surface area (Å²) in [4.78, 5) is 1.31. The van der Waals surface area contributed by atoms with Gasteiger partial charge in [-0.1, -0.05) is 38.1 Å². The molecule has 0 saturated heterocycles. The highest BCUT2D eigenvalue weighted by Crippen LogP contribution is 2.24. The third kappa shape index (κ3) is 3.80. The average Bonchev–Trinajstić information content (AvgIpc) is 2.47. The zero-order valence-electron chi connectivity index (χ0n) is 12.7. The van der Waals surface area contributed by atoms with E-state index in [2.05, 4.69) is 80.9 Å². The minimum absolute atomic E-state index is 0.313. The highest BCUT2D eigenvalue weighted by molar-refractivity contribution is 7.98. The Balaban J connectivity index is 2.10. The highest BCUT2D eigenvalue weighted by atomic mass is 32.2. The summed E-state index contributed by atoms with van der Waals surface area (Å²) in [7, 11) is 0. The Kier molecular flexibility index (Phi) is 5.13. The molecule has 0 aliphatic rings. The van der Waals surface area contributed by atoms with E-state index >= 15 is 0 Å². The van der Waals surface area contributed by atoms with Crippen molar-refractivity contribution in [3.8, 4) is 0 Å². The van der Waals surface area contributed by atoms with E-state index in [0.717, 1.165) is 0 Å². The molecule has 0 saturated carbocycles. The van der Waals surface area contributed by atoms with Gasteiger partial charge in [-0.2, -0.15) is 0 Å². The van der Waals surface area contributed by atoms with E-state index in [0.29, 0.717) is 12.0 Å². The topological polar surface area (TPSA) is 12.0 Å². The number of rotatable bonds is 5. The fourth-order valence-electron chi connectivity index (χ4n) is 2.21. The van der Waals surface area contributed by atoms with Gasteiger partial charge >= 0.3 is 0 Å². The van der Waals surface area contributed by atoms with Crippen LogP contribution in [0.25, 0.3) is 0 Å². The third-order valence-electron chi connectivity index (χ3n) is 3.55.